The standard InChI is InChI=1S/C14H17ClN2O4/c1-9(21-13(19)7-8-16-10(2)18)14(20)17-12-5-3-11(15)4-6-12/h3-6,9H,7-8H2,1-2H3,(H,16,18)(H,17,20)/t9-/m1/s1. The summed E-state index contributed by atoms with van der Waals surface area (Å²) in [4.78, 5) is 33.9. The molecule has 0 saturated carbocycles. The molecule has 1 aromatic carbocycles. The fourth-order valence-corrected chi connectivity index (χ4v) is 1.55. The lowest BCUT2D eigenvalue weighted by molar-refractivity contribution is -0.153. The maximum Gasteiger partial charge on any atom is 0.308 e. The third kappa shape index (κ3) is 6.76. The van der Waals surface area contributed by atoms with Crippen molar-refractivity contribution in [2.24, 2.45) is 0 Å². The molecule has 0 saturated heterocycles. The molecule has 2 amide bonds. The first-order chi connectivity index (χ1) is 9.88. The van der Waals surface area contributed by atoms with E-state index < -0.39 is 18.0 Å². The first-order valence-corrected chi connectivity index (χ1v) is 6.76. The van der Waals surface area contributed by atoms with E-state index in [-0.39, 0.29) is 18.9 Å². The third-order valence-electron chi connectivity index (χ3n) is 2.49. The van der Waals surface area contributed by atoms with Gasteiger partial charge in [0, 0.05) is 24.2 Å². The largest absolute Gasteiger partial charge is 0.452 e. The minimum absolute atomic E-state index is 0.0120. The molecule has 1 rings (SSSR count). The van der Waals surface area contributed by atoms with Gasteiger partial charge in [-0.05, 0) is 31.2 Å². The second kappa shape index (κ2) is 8.26. The Bertz CT molecular complexity index is 516. The molecule has 21 heavy (non-hydrogen) atoms. The summed E-state index contributed by atoms with van der Waals surface area (Å²) >= 11 is 5.74. The average Bonchev–Trinajstić information content (AvgIpc) is 2.40. The predicted molar refractivity (Wildman–Crippen MR) is 78.9 cm³/mol. The highest BCUT2D eigenvalue weighted by Gasteiger charge is 2.17. The summed E-state index contributed by atoms with van der Waals surface area (Å²) in [6, 6.07) is 6.57. The van der Waals surface area contributed by atoms with Gasteiger partial charge in [-0.25, -0.2) is 0 Å². The molecule has 1 aromatic rings. The van der Waals surface area contributed by atoms with Crippen LogP contribution < -0.4 is 10.6 Å². The molecule has 0 radical (unpaired) electrons. The average molecular weight is 313 g/mol. The van der Waals surface area contributed by atoms with Gasteiger partial charge in [0.15, 0.2) is 6.10 Å². The van der Waals surface area contributed by atoms with Crippen LogP contribution in [0.15, 0.2) is 24.3 Å². The summed E-state index contributed by atoms with van der Waals surface area (Å²) in [5.41, 5.74) is 0.561. The Morgan fingerprint density at radius 2 is 1.86 bits per heavy atom. The number of rotatable bonds is 6. The molecule has 0 bridgehead atoms. The van der Waals surface area contributed by atoms with Crippen LogP contribution in [0.1, 0.15) is 20.3 Å². The number of hydrogen-bond acceptors (Lipinski definition) is 4. The highest BCUT2D eigenvalue weighted by Crippen LogP contribution is 2.13. The quantitative estimate of drug-likeness (QED) is 0.784. The molecular weight excluding hydrogens is 296 g/mol. The van der Waals surface area contributed by atoms with E-state index in [1.165, 1.54) is 13.8 Å². The minimum Gasteiger partial charge on any atom is -0.452 e. The number of ether oxygens (including phenoxy) is 1. The molecule has 2 N–H and O–H groups in total. The Kier molecular flexibility index (Phi) is 6.68. The molecule has 0 unspecified atom stereocenters. The Balaban J connectivity index is 2.38. The van der Waals surface area contributed by atoms with Gasteiger partial charge >= 0.3 is 5.97 Å². The number of anilines is 1. The molecule has 0 spiro atoms. The van der Waals surface area contributed by atoms with Gasteiger partial charge in [0.1, 0.15) is 0 Å². The van der Waals surface area contributed by atoms with Crippen molar-refractivity contribution in [1.82, 2.24) is 5.32 Å². The Morgan fingerprint density at radius 1 is 1.24 bits per heavy atom. The summed E-state index contributed by atoms with van der Waals surface area (Å²) in [7, 11) is 0. The lowest BCUT2D eigenvalue weighted by Gasteiger charge is -2.13. The van der Waals surface area contributed by atoms with Crippen LogP contribution in [0.3, 0.4) is 0 Å². The predicted octanol–water partition coefficient (Wildman–Crippen LogP) is 1.74. The number of carbonyl (C=O) groups is 3. The van der Waals surface area contributed by atoms with Crippen LogP contribution in [0.4, 0.5) is 5.69 Å². The van der Waals surface area contributed by atoms with Gasteiger partial charge in [-0.2, -0.15) is 0 Å². The van der Waals surface area contributed by atoms with E-state index >= 15 is 0 Å². The van der Waals surface area contributed by atoms with Crippen LogP contribution in [0.25, 0.3) is 0 Å². The van der Waals surface area contributed by atoms with Crippen LogP contribution in [0.5, 0.6) is 0 Å². The van der Waals surface area contributed by atoms with Gasteiger partial charge < -0.3 is 15.4 Å². The lowest BCUT2D eigenvalue weighted by atomic mass is 10.3. The van der Waals surface area contributed by atoms with Crippen LogP contribution in [0, 0.1) is 0 Å². The van der Waals surface area contributed by atoms with Gasteiger partial charge in [0.2, 0.25) is 5.91 Å². The maximum atomic E-state index is 11.8. The van der Waals surface area contributed by atoms with E-state index in [1.54, 1.807) is 24.3 Å². The molecule has 1 atom stereocenters. The normalized spacial score (nSPS) is 11.4. The molecular formula is C14H17ClN2O4. The molecule has 7 heteroatoms. The van der Waals surface area contributed by atoms with Crippen molar-refractivity contribution in [3.8, 4) is 0 Å². The van der Waals surface area contributed by atoms with E-state index in [4.69, 9.17) is 16.3 Å². The Labute approximate surface area is 127 Å². The first-order valence-electron chi connectivity index (χ1n) is 6.39. The van der Waals surface area contributed by atoms with E-state index in [0.29, 0.717) is 10.7 Å². The van der Waals surface area contributed by atoms with Crippen molar-refractivity contribution in [2.75, 3.05) is 11.9 Å². The number of benzene rings is 1. The first kappa shape index (κ1) is 17.0. The van der Waals surface area contributed by atoms with Crippen molar-refractivity contribution in [2.45, 2.75) is 26.4 Å². The van der Waals surface area contributed by atoms with E-state index in [1.807, 2.05) is 0 Å². The summed E-state index contributed by atoms with van der Waals surface area (Å²) in [5.74, 6) is -1.22. The monoisotopic (exact) mass is 312 g/mol. The molecule has 6 nitrogen and oxygen atoms in total. The molecule has 0 fully saturated rings. The van der Waals surface area contributed by atoms with Gasteiger partial charge in [-0.15, -0.1) is 0 Å². The number of amides is 2. The fraction of sp³-hybridized carbons (Fsp3) is 0.357. The van der Waals surface area contributed by atoms with Gasteiger partial charge in [0.05, 0.1) is 6.42 Å². The lowest BCUT2D eigenvalue weighted by Crippen LogP contribution is -2.31. The van der Waals surface area contributed by atoms with Crippen LogP contribution in [-0.2, 0) is 19.1 Å². The second-order valence-corrected chi connectivity index (χ2v) is 4.80. The SMILES string of the molecule is CC(=O)NCCC(=O)O[C@H](C)C(=O)Nc1ccc(Cl)cc1. The van der Waals surface area contributed by atoms with Crippen LogP contribution >= 0.6 is 11.6 Å². The van der Waals surface area contributed by atoms with Crippen molar-refractivity contribution < 1.29 is 19.1 Å². The molecule has 114 valence electrons. The number of hydrogen-bond donors (Lipinski definition) is 2. The Morgan fingerprint density at radius 3 is 2.43 bits per heavy atom. The molecule has 0 aliphatic carbocycles. The van der Waals surface area contributed by atoms with E-state index in [0.717, 1.165) is 0 Å². The summed E-state index contributed by atoms with van der Waals surface area (Å²) in [6.07, 6.45) is -0.913. The van der Waals surface area contributed by atoms with Crippen LogP contribution in [0.2, 0.25) is 5.02 Å². The minimum atomic E-state index is -0.925. The summed E-state index contributed by atoms with van der Waals surface area (Å²) in [5, 5.41) is 5.64. The molecule has 0 aliphatic rings. The third-order valence-corrected chi connectivity index (χ3v) is 2.74. The zero-order valence-electron chi connectivity index (χ0n) is 11.8. The van der Waals surface area contributed by atoms with Crippen LogP contribution in [-0.4, -0.2) is 30.4 Å². The number of halogens is 1. The van der Waals surface area contributed by atoms with Crippen molar-refractivity contribution >= 4 is 35.1 Å². The van der Waals surface area contributed by atoms with E-state index in [9.17, 15) is 14.4 Å². The van der Waals surface area contributed by atoms with Gasteiger partial charge in [0.25, 0.3) is 5.91 Å². The Hall–Kier alpha value is -2.08. The highest BCUT2D eigenvalue weighted by atomic mass is 35.5. The number of esters is 1. The molecule has 0 aromatic heterocycles. The van der Waals surface area contributed by atoms with Crippen molar-refractivity contribution in [3.05, 3.63) is 29.3 Å². The van der Waals surface area contributed by atoms with Crippen molar-refractivity contribution in [1.29, 1.82) is 0 Å². The topological polar surface area (TPSA) is 84.5 Å². The van der Waals surface area contributed by atoms with Crippen molar-refractivity contribution in [3.63, 3.8) is 0 Å². The van der Waals surface area contributed by atoms with Gasteiger partial charge in [-0.1, -0.05) is 11.6 Å². The molecule has 0 aliphatic heterocycles. The number of carbonyl (C=O) groups excluding carboxylic acids is 3. The highest BCUT2D eigenvalue weighted by molar-refractivity contribution is 6.30. The number of nitrogens with one attached hydrogen (secondary N) is 2. The maximum absolute atomic E-state index is 11.8. The van der Waals surface area contributed by atoms with E-state index in [2.05, 4.69) is 10.6 Å². The zero-order valence-corrected chi connectivity index (χ0v) is 12.6. The zero-order chi connectivity index (χ0) is 15.8. The van der Waals surface area contributed by atoms with Gasteiger partial charge in [-0.3, -0.25) is 14.4 Å². The molecule has 0 heterocycles. The summed E-state index contributed by atoms with van der Waals surface area (Å²) < 4.78 is 4.96. The fourth-order valence-electron chi connectivity index (χ4n) is 1.43. The smallest absolute Gasteiger partial charge is 0.308 e. The summed E-state index contributed by atoms with van der Waals surface area (Å²) in [6.45, 7) is 3.01. The second-order valence-electron chi connectivity index (χ2n) is 4.36.